The van der Waals surface area contributed by atoms with Crippen molar-refractivity contribution in [2.75, 3.05) is 20.2 Å². The van der Waals surface area contributed by atoms with Gasteiger partial charge in [-0.15, -0.1) is 0 Å². The van der Waals surface area contributed by atoms with Gasteiger partial charge in [0.1, 0.15) is 5.75 Å². The van der Waals surface area contributed by atoms with Crippen LogP contribution in [-0.4, -0.2) is 25.3 Å². The highest BCUT2D eigenvalue weighted by atomic mass is 16.5. The molecule has 0 heterocycles. The third-order valence-electron chi connectivity index (χ3n) is 3.50. The van der Waals surface area contributed by atoms with Crippen molar-refractivity contribution >= 4 is 6.08 Å². The standard InChI is InChI=1S/C19H23NO2/c1-15-9-11-16(12-10-15)18(21)14-20-13-5-7-17-6-3-4-8-19(17)22-2/h3-12,18,20-21H,13-14H2,1-2H3/b7-5+. The molecule has 116 valence electrons. The van der Waals surface area contributed by atoms with Crippen LogP contribution in [0.4, 0.5) is 0 Å². The van der Waals surface area contributed by atoms with Gasteiger partial charge >= 0.3 is 0 Å². The van der Waals surface area contributed by atoms with Gasteiger partial charge in [-0.3, -0.25) is 0 Å². The Morgan fingerprint density at radius 2 is 1.86 bits per heavy atom. The molecular weight excluding hydrogens is 274 g/mol. The first-order valence-corrected chi connectivity index (χ1v) is 7.45. The number of methoxy groups -OCH3 is 1. The highest BCUT2D eigenvalue weighted by molar-refractivity contribution is 5.57. The average Bonchev–Trinajstić information content (AvgIpc) is 2.55. The summed E-state index contributed by atoms with van der Waals surface area (Å²) in [5.74, 6) is 0.860. The normalized spacial score (nSPS) is 12.5. The van der Waals surface area contributed by atoms with Crippen molar-refractivity contribution in [3.8, 4) is 5.75 Å². The number of benzene rings is 2. The van der Waals surface area contributed by atoms with E-state index in [1.54, 1.807) is 7.11 Å². The summed E-state index contributed by atoms with van der Waals surface area (Å²) in [6, 6.07) is 15.8. The Morgan fingerprint density at radius 1 is 1.14 bits per heavy atom. The van der Waals surface area contributed by atoms with Crippen molar-refractivity contribution < 1.29 is 9.84 Å². The third-order valence-corrected chi connectivity index (χ3v) is 3.50. The highest BCUT2D eigenvalue weighted by Gasteiger charge is 2.05. The van der Waals surface area contributed by atoms with Gasteiger partial charge in [-0.25, -0.2) is 0 Å². The fraction of sp³-hybridized carbons (Fsp3) is 0.263. The number of ether oxygens (including phenoxy) is 1. The molecule has 2 aromatic rings. The first kappa shape index (κ1) is 16.3. The number of hydrogen-bond acceptors (Lipinski definition) is 3. The van der Waals surface area contributed by atoms with Gasteiger partial charge in [0.05, 0.1) is 13.2 Å². The molecular formula is C19H23NO2. The first-order valence-electron chi connectivity index (χ1n) is 7.45. The van der Waals surface area contributed by atoms with Crippen LogP contribution in [0.25, 0.3) is 6.08 Å². The molecule has 3 heteroatoms. The van der Waals surface area contributed by atoms with Crippen molar-refractivity contribution in [2.45, 2.75) is 13.0 Å². The largest absolute Gasteiger partial charge is 0.496 e. The fourth-order valence-electron chi connectivity index (χ4n) is 2.20. The molecule has 2 rings (SSSR count). The zero-order valence-electron chi connectivity index (χ0n) is 13.1. The molecule has 0 aliphatic rings. The van der Waals surface area contributed by atoms with Crippen molar-refractivity contribution in [1.29, 1.82) is 0 Å². The molecule has 0 aromatic heterocycles. The van der Waals surface area contributed by atoms with Crippen LogP contribution in [0.5, 0.6) is 5.75 Å². The van der Waals surface area contributed by atoms with E-state index in [9.17, 15) is 5.11 Å². The molecule has 22 heavy (non-hydrogen) atoms. The van der Waals surface area contributed by atoms with Crippen LogP contribution < -0.4 is 10.1 Å². The van der Waals surface area contributed by atoms with E-state index in [0.717, 1.165) is 16.9 Å². The first-order chi connectivity index (χ1) is 10.7. The molecule has 2 aromatic carbocycles. The molecule has 1 atom stereocenters. The van der Waals surface area contributed by atoms with Crippen LogP contribution in [0.3, 0.4) is 0 Å². The molecule has 0 saturated heterocycles. The predicted molar refractivity (Wildman–Crippen MR) is 91.0 cm³/mol. The lowest BCUT2D eigenvalue weighted by Crippen LogP contribution is -2.21. The number of rotatable bonds is 7. The van der Waals surface area contributed by atoms with Gasteiger partial charge in [-0.1, -0.05) is 60.2 Å². The number of aryl methyl sites for hydroxylation is 1. The lowest BCUT2D eigenvalue weighted by Gasteiger charge is -2.11. The molecule has 0 spiro atoms. The van der Waals surface area contributed by atoms with Crippen molar-refractivity contribution in [2.24, 2.45) is 0 Å². The summed E-state index contributed by atoms with van der Waals surface area (Å²) < 4.78 is 5.30. The van der Waals surface area contributed by atoms with E-state index < -0.39 is 6.10 Å². The molecule has 0 fully saturated rings. The maximum Gasteiger partial charge on any atom is 0.126 e. The van der Waals surface area contributed by atoms with E-state index in [1.165, 1.54) is 5.56 Å². The second-order valence-electron chi connectivity index (χ2n) is 5.23. The molecule has 0 amide bonds. The summed E-state index contributed by atoms with van der Waals surface area (Å²) in [6.07, 6.45) is 3.56. The number of para-hydroxylation sites is 1. The van der Waals surface area contributed by atoms with E-state index in [0.29, 0.717) is 13.1 Å². The Morgan fingerprint density at radius 3 is 2.59 bits per heavy atom. The molecule has 0 aliphatic carbocycles. The SMILES string of the molecule is COc1ccccc1/C=C/CNCC(O)c1ccc(C)cc1. The average molecular weight is 297 g/mol. The van der Waals surface area contributed by atoms with Gasteiger partial charge in [-0.2, -0.15) is 0 Å². The summed E-state index contributed by atoms with van der Waals surface area (Å²) in [5, 5.41) is 13.3. The second-order valence-corrected chi connectivity index (χ2v) is 5.23. The Hall–Kier alpha value is -2.10. The molecule has 1 unspecified atom stereocenters. The summed E-state index contributed by atoms with van der Waals surface area (Å²) in [6.45, 7) is 3.26. The summed E-state index contributed by atoms with van der Waals surface area (Å²) in [4.78, 5) is 0. The zero-order chi connectivity index (χ0) is 15.8. The van der Waals surface area contributed by atoms with Gasteiger partial charge in [0.25, 0.3) is 0 Å². The van der Waals surface area contributed by atoms with Crippen LogP contribution >= 0.6 is 0 Å². The van der Waals surface area contributed by atoms with Crippen LogP contribution in [0.1, 0.15) is 22.8 Å². The summed E-state index contributed by atoms with van der Waals surface area (Å²) in [5.41, 5.74) is 3.18. The number of hydrogen-bond donors (Lipinski definition) is 2. The van der Waals surface area contributed by atoms with E-state index in [4.69, 9.17) is 4.74 Å². The summed E-state index contributed by atoms with van der Waals surface area (Å²) in [7, 11) is 1.67. The Labute approximate surface area is 132 Å². The van der Waals surface area contributed by atoms with E-state index in [-0.39, 0.29) is 0 Å². The van der Waals surface area contributed by atoms with Gasteiger partial charge in [-0.05, 0) is 18.6 Å². The van der Waals surface area contributed by atoms with E-state index in [1.807, 2.05) is 67.6 Å². The van der Waals surface area contributed by atoms with Crippen molar-refractivity contribution in [3.05, 3.63) is 71.3 Å². The van der Waals surface area contributed by atoms with Gasteiger partial charge in [0, 0.05) is 18.7 Å². The van der Waals surface area contributed by atoms with Crippen LogP contribution in [-0.2, 0) is 0 Å². The number of aliphatic hydroxyl groups is 1. The molecule has 0 radical (unpaired) electrons. The van der Waals surface area contributed by atoms with Gasteiger partial charge in [0.2, 0.25) is 0 Å². The van der Waals surface area contributed by atoms with E-state index in [2.05, 4.69) is 5.32 Å². The van der Waals surface area contributed by atoms with Crippen molar-refractivity contribution in [3.63, 3.8) is 0 Å². The highest BCUT2D eigenvalue weighted by Crippen LogP contribution is 2.18. The maximum atomic E-state index is 10.1. The Balaban J connectivity index is 1.79. The Kier molecular flexibility index (Phi) is 6.19. The third kappa shape index (κ3) is 4.72. The van der Waals surface area contributed by atoms with Gasteiger partial charge < -0.3 is 15.2 Å². The minimum absolute atomic E-state index is 0.486. The molecule has 0 aliphatic heterocycles. The fourth-order valence-corrected chi connectivity index (χ4v) is 2.20. The van der Waals surface area contributed by atoms with Crippen LogP contribution in [0.15, 0.2) is 54.6 Å². The summed E-state index contributed by atoms with van der Waals surface area (Å²) >= 11 is 0. The number of aliphatic hydroxyl groups excluding tert-OH is 1. The Bertz CT molecular complexity index is 605. The maximum absolute atomic E-state index is 10.1. The monoisotopic (exact) mass is 297 g/mol. The number of nitrogens with one attached hydrogen (secondary N) is 1. The molecule has 3 nitrogen and oxygen atoms in total. The van der Waals surface area contributed by atoms with Crippen LogP contribution in [0.2, 0.25) is 0 Å². The zero-order valence-corrected chi connectivity index (χ0v) is 13.1. The predicted octanol–water partition coefficient (Wildman–Crippen LogP) is 3.34. The molecule has 0 saturated carbocycles. The van der Waals surface area contributed by atoms with Crippen molar-refractivity contribution in [1.82, 2.24) is 5.32 Å². The second kappa shape index (κ2) is 8.37. The lowest BCUT2D eigenvalue weighted by molar-refractivity contribution is 0.176. The minimum atomic E-state index is -0.486. The minimum Gasteiger partial charge on any atom is -0.496 e. The van der Waals surface area contributed by atoms with Gasteiger partial charge in [0.15, 0.2) is 0 Å². The van der Waals surface area contributed by atoms with Crippen LogP contribution in [0, 0.1) is 6.92 Å². The lowest BCUT2D eigenvalue weighted by atomic mass is 10.1. The topological polar surface area (TPSA) is 41.5 Å². The molecule has 0 bridgehead atoms. The molecule has 2 N–H and O–H groups in total. The quantitative estimate of drug-likeness (QED) is 0.770. The van der Waals surface area contributed by atoms with E-state index >= 15 is 0 Å². The smallest absolute Gasteiger partial charge is 0.126 e.